The molecule has 1 N–H and O–H groups in total. The minimum absolute atomic E-state index is 0.256. The Morgan fingerprint density at radius 1 is 1.31 bits per heavy atom. The summed E-state index contributed by atoms with van der Waals surface area (Å²) in [6.07, 6.45) is 0.966. The first kappa shape index (κ1) is 11.3. The standard InChI is InChI=1S/C14H19NO/c1-14(2,3)13(16)12-6-4-5-10-9-15-8-7-11(10)12/h4-6,15H,7-9H2,1-3H3. The fourth-order valence-corrected chi connectivity index (χ4v) is 2.15. The Kier molecular flexibility index (Phi) is 2.85. The van der Waals surface area contributed by atoms with Gasteiger partial charge in [-0.15, -0.1) is 0 Å². The van der Waals surface area contributed by atoms with E-state index in [0.29, 0.717) is 0 Å². The van der Waals surface area contributed by atoms with Crippen LogP contribution in [0.5, 0.6) is 0 Å². The third-order valence-corrected chi connectivity index (χ3v) is 3.07. The molecular weight excluding hydrogens is 198 g/mol. The van der Waals surface area contributed by atoms with Gasteiger partial charge in [0.25, 0.3) is 0 Å². The number of carbonyl (C=O) groups is 1. The molecule has 0 unspecified atom stereocenters. The number of hydrogen-bond donors (Lipinski definition) is 1. The Hall–Kier alpha value is -1.15. The molecule has 2 rings (SSSR count). The molecule has 0 fully saturated rings. The second kappa shape index (κ2) is 4.02. The van der Waals surface area contributed by atoms with E-state index in [1.54, 1.807) is 0 Å². The lowest BCUT2D eigenvalue weighted by molar-refractivity contribution is 0.0857. The molecule has 0 radical (unpaired) electrons. The molecule has 1 heterocycles. The van der Waals surface area contributed by atoms with Crippen molar-refractivity contribution in [3.63, 3.8) is 0 Å². The lowest BCUT2D eigenvalue weighted by atomic mass is 9.82. The molecule has 1 aromatic carbocycles. The lowest BCUT2D eigenvalue weighted by Crippen LogP contribution is -2.28. The molecule has 86 valence electrons. The van der Waals surface area contributed by atoms with Crippen molar-refractivity contribution in [1.82, 2.24) is 5.32 Å². The van der Waals surface area contributed by atoms with Crippen LogP contribution in [0, 0.1) is 5.41 Å². The quantitative estimate of drug-likeness (QED) is 0.732. The van der Waals surface area contributed by atoms with E-state index in [9.17, 15) is 4.79 Å². The highest BCUT2D eigenvalue weighted by molar-refractivity contribution is 6.01. The highest BCUT2D eigenvalue weighted by Crippen LogP contribution is 2.26. The van der Waals surface area contributed by atoms with E-state index >= 15 is 0 Å². The van der Waals surface area contributed by atoms with E-state index in [1.807, 2.05) is 32.9 Å². The molecule has 2 nitrogen and oxygen atoms in total. The van der Waals surface area contributed by atoms with Crippen LogP contribution < -0.4 is 5.32 Å². The molecule has 0 bridgehead atoms. The maximum Gasteiger partial charge on any atom is 0.168 e. The molecule has 0 amide bonds. The van der Waals surface area contributed by atoms with Gasteiger partial charge in [-0.05, 0) is 24.1 Å². The van der Waals surface area contributed by atoms with Crippen LogP contribution in [0.1, 0.15) is 42.3 Å². The number of nitrogens with one attached hydrogen (secondary N) is 1. The molecule has 1 aliphatic rings. The summed E-state index contributed by atoms with van der Waals surface area (Å²) >= 11 is 0. The van der Waals surface area contributed by atoms with Crippen LogP contribution in [0.25, 0.3) is 0 Å². The summed E-state index contributed by atoms with van der Waals surface area (Å²) in [5.74, 6) is 0.256. The lowest BCUT2D eigenvalue weighted by Gasteiger charge is -2.23. The van der Waals surface area contributed by atoms with Gasteiger partial charge < -0.3 is 5.32 Å². The van der Waals surface area contributed by atoms with Crippen LogP contribution in [0.4, 0.5) is 0 Å². The van der Waals surface area contributed by atoms with Gasteiger partial charge in [-0.3, -0.25) is 4.79 Å². The van der Waals surface area contributed by atoms with E-state index < -0.39 is 0 Å². The maximum absolute atomic E-state index is 12.3. The number of rotatable bonds is 1. The molecule has 0 aliphatic carbocycles. The van der Waals surface area contributed by atoms with Gasteiger partial charge in [0.15, 0.2) is 5.78 Å². The number of Topliss-reactive ketones (excluding diaryl/α,β-unsaturated/α-hetero) is 1. The molecule has 0 saturated heterocycles. The monoisotopic (exact) mass is 217 g/mol. The van der Waals surface area contributed by atoms with Gasteiger partial charge in [0, 0.05) is 17.5 Å². The number of benzene rings is 1. The molecule has 0 atom stereocenters. The minimum atomic E-state index is -0.292. The summed E-state index contributed by atoms with van der Waals surface area (Å²) in [6, 6.07) is 6.07. The molecule has 16 heavy (non-hydrogen) atoms. The molecule has 0 saturated carbocycles. The van der Waals surface area contributed by atoms with Crippen LogP contribution in [-0.2, 0) is 13.0 Å². The third-order valence-electron chi connectivity index (χ3n) is 3.07. The van der Waals surface area contributed by atoms with E-state index in [2.05, 4.69) is 11.4 Å². The summed E-state index contributed by atoms with van der Waals surface area (Å²) in [6.45, 7) is 7.81. The molecule has 0 aromatic heterocycles. The summed E-state index contributed by atoms with van der Waals surface area (Å²) in [5.41, 5.74) is 3.16. The van der Waals surface area contributed by atoms with Gasteiger partial charge in [0.2, 0.25) is 0 Å². The van der Waals surface area contributed by atoms with Crippen LogP contribution in [0.15, 0.2) is 18.2 Å². The SMILES string of the molecule is CC(C)(C)C(=O)c1cccc2c1CCNC2. The topological polar surface area (TPSA) is 29.1 Å². The fraction of sp³-hybridized carbons (Fsp3) is 0.500. The van der Waals surface area contributed by atoms with E-state index in [4.69, 9.17) is 0 Å². The smallest absolute Gasteiger partial charge is 0.168 e. The molecule has 0 spiro atoms. The Balaban J connectivity index is 2.46. The van der Waals surface area contributed by atoms with Gasteiger partial charge in [-0.2, -0.15) is 0 Å². The van der Waals surface area contributed by atoms with E-state index in [0.717, 1.165) is 25.1 Å². The summed E-state index contributed by atoms with van der Waals surface area (Å²) in [5, 5.41) is 3.33. The normalized spacial score (nSPS) is 15.7. The largest absolute Gasteiger partial charge is 0.312 e. The maximum atomic E-state index is 12.3. The van der Waals surface area contributed by atoms with Crippen LogP contribution in [0.2, 0.25) is 0 Å². The van der Waals surface area contributed by atoms with E-state index in [1.165, 1.54) is 11.1 Å². The first-order valence-corrected chi connectivity index (χ1v) is 5.86. The number of hydrogen-bond acceptors (Lipinski definition) is 2. The Bertz CT molecular complexity index is 415. The number of fused-ring (bicyclic) bond motifs is 1. The van der Waals surface area contributed by atoms with Gasteiger partial charge >= 0.3 is 0 Å². The second-order valence-corrected chi connectivity index (χ2v) is 5.45. The number of carbonyl (C=O) groups excluding carboxylic acids is 1. The van der Waals surface area contributed by atoms with Crippen molar-refractivity contribution in [3.05, 3.63) is 34.9 Å². The van der Waals surface area contributed by atoms with Crippen LogP contribution >= 0.6 is 0 Å². The second-order valence-electron chi connectivity index (χ2n) is 5.45. The molecule has 1 aromatic rings. The van der Waals surface area contributed by atoms with Gasteiger partial charge in [0.05, 0.1) is 0 Å². The minimum Gasteiger partial charge on any atom is -0.312 e. The van der Waals surface area contributed by atoms with Gasteiger partial charge in [-0.1, -0.05) is 39.0 Å². The van der Waals surface area contributed by atoms with Crippen molar-refractivity contribution in [2.24, 2.45) is 5.41 Å². The predicted molar refractivity (Wildman–Crippen MR) is 65.6 cm³/mol. The molecular formula is C14H19NO. The van der Waals surface area contributed by atoms with Crippen molar-refractivity contribution < 1.29 is 4.79 Å². The van der Waals surface area contributed by atoms with Crippen molar-refractivity contribution in [2.45, 2.75) is 33.7 Å². The summed E-state index contributed by atoms with van der Waals surface area (Å²) < 4.78 is 0. The van der Waals surface area contributed by atoms with Crippen molar-refractivity contribution in [1.29, 1.82) is 0 Å². The Morgan fingerprint density at radius 3 is 2.75 bits per heavy atom. The third kappa shape index (κ3) is 2.03. The zero-order valence-electron chi connectivity index (χ0n) is 10.3. The average Bonchev–Trinajstić information content (AvgIpc) is 2.26. The Morgan fingerprint density at radius 2 is 2.06 bits per heavy atom. The highest BCUT2D eigenvalue weighted by atomic mass is 16.1. The van der Waals surface area contributed by atoms with Gasteiger partial charge in [-0.25, -0.2) is 0 Å². The summed E-state index contributed by atoms with van der Waals surface area (Å²) in [4.78, 5) is 12.3. The molecule has 1 aliphatic heterocycles. The fourth-order valence-electron chi connectivity index (χ4n) is 2.15. The van der Waals surface area contributed by atoms with Crippen LogP contribution in [0.3, 0.4) is 0 Å². The van der Waals surface area contributed by atoms with Crippen LogP contribution in [-0.4, -0.2) is 12.3 Å². The first-order chi connectivity index (χ1) is 7.50. The van der Waals surface area contributed by atoms with E-state index in [-0.39, 0.29) is 11.2 Å². The zero-order valence-corrected chi connectivity index (χ0v) is 10.3. The summed E-state index contributed by atoms with van der Waals surface area (Å²) in [7, 11) is 0. The van der Waals surface area contributed by atoms with Gasteiger partial charge in [0.1, 0.15) is 0 Å². The van der Waals surface area contributed by atoms with Crippen molar-refractivity contribution in [3.8, 4) is 0 Å². The molecule has 2 heteroatoms. The Labute approximate surface area is 97.1 Å². The highest BCUT2D eigenvalue weighted by Gasteiger charge is 2.26. The van der Waals surface area contributed by atoms with Crippen molar-refractivity contribution in [2.75, 3.05) is 6.54 Å². The zero-order chi connectivity index (χ0) is 11.8. The average molecular weight is 217 g/mol. The first-order valence-electron chi connectivity index (χ1n) is 5.86. The number of ketones is 1. The van der Waals surface area contributed by atoms with Crippen molar-refractivity contribution >= 4 is 5.78 Å². The predicted octanol–water partition coefficient (Wildman–Crippen LogP) is 2.56.